The summed E-state index contributed by atoms with van der Waals surface area (Å²) in [6, 6.07) is 1.62. The highest BCUT2D eigenvalue weighted by Crippen LogP contribution is 2.21. The highest BCUT2D eigenvalue weighted by atomic mass is 32.2. The maximum Gasteiger partial charge on any atom is 0.242 e. The molecule has 0 saturated carbocycles. The molecule has 0 unspecified atom stereocenters. The maximum atomic E-state index is 12.2. The fraction of sp³-hybridized carbons (Fsp3) is 0.636. The average molecular weight is 257 g/mol. The van der Waals surface area contributed by atoms with Crippen LogP contribution in [0.15, 0.2) is 23.4 Å². The van der Waals surface area contributed by atoms with Crippen LogP contribution in [0.2, 0.25) is 0 Å². The Morgan fingerprint density at radius 1 is 1.41 bits per heavy atom. The number of piperidine rings is 1. The zero-order valence-corrected chi connectivity index (χ0v) is 11.0. The van der Waals surface area contributed by atoms with Crippen molar-refractivity contribution in [2.24, 2.45) is 7.05 Å². The minimum atomic E-state index is -3.40. The number of aryl methyl sites for hydroxylation is 1. The molecule has 1 aromatic heterocycles. The van der Waals surface area contributed by atoms with Gasteiger partial charge >= 0.3 is 0 Å². The lowest BCUT2D eigenvalue weighted by Crippen LogP contribution is -2.52. The smallest absolute Gasteiger partial charge is 0.242 e. The van der Waals surface area contributed by atoms with Gasteiger partial charge in [-0.3, -0.25) is 0 Å². The van der Waals surface area contributed by atoms with Crippen LogP contribution in [-0.4, -0.2) is 31.6 Å². The summed E-state index contributed by atoms with van der Waals surface area (Å²) in [5.41, 5.74) is -0.333. The van der Waals surface area contributed by atoms with Crippen molar-refractivity contribution in [3.05, 3.63) is 18.5 Å². The molecule has 1 aliphatic rings. The summed E-state index contributed by atoms with van der Waals surface area (Å²) in [4.78, 5) is 0.333. The molecule has 96 valence electrons. The van der Waals surface area contributed by atoms with Crippen LogP contribution < -0.4 is 10.0 Å². The second kappa shape index (κ2) is 4.44. The zero-order valence-electron chi connectivity index (χ0n) is 10.2. The van der Waals surface area contributed by atoms with E-state index in [1.54, 1.807) is 23.0 Å². The van der Waals surface area contributed by atoms with Gasteiger partial charge in [-0.2, -0.15) is 0 Å². The lowest BCUT2D eigenvalue weighted by atomic mass is 9.92. The molecule has 1 aromatic rings. The van der Waals surface area contributed by atoms with Crippen molar-refractivity contribution in [1.82, 2.24) is 14.6 Å². The molecule has 2 N–H and O–H groups in total. The van der Waals surface area contributed by atoms with Crippen molar-refractivity contribution in [3.63, 3.8) is 0 Å². The Bertz CT molecular complexity index is 487. The molecule has 2 heterocycles. The van der Waals surface area contributed by atoms with Crippen LogP contribution in [0.3, 0.4) is 0 Å². The number of hydrogen-bond acceptors (Lipinski definition) is 3. The Morgan fingerprint density at radius 2 is 2.06 bits per heavy atom. The van der Waals surface area contributed by atoms with Crippen molar-refractivity contribution in [1.29, 1.82) is 0 Å². The third-order valence-corrected chi connectivity index (χ3v) is 4.83. The number of hydrogen-bond donors (Lipinski definition) is 2. The van der Waals surface area contributed by atoms with Crippen LogP contribution in [0.4, 0.5) is 0 Å². The molecule has 0 amide bonds. The van der Waals surface area contributed by atoms with E-state index in [4.69, 9.17) is 0 Å². The summed E-state index contributed by atoms with van der Waals surface area (Å²) in [5.74, 6) is 0. The van der Waals surface area contributed by atoms with Crippen molar-refractivity contribution in [2.45, 2.75) is 30.2 Å². The van der Waals surface area contributed by atoms with E-state index in [-0.39, 0.29) is 5.54 Å². The number of sulfonamides is 1. The first-order valence-electron chi connectivity index (χ1n) is 5.78. The Labute approximate surface area is 102 Å². The number of nitrogens with zero attached hydrogens (tertiary/aromatic N) is 1. The zero-order chi connectivity index (χ0) is 12.5. The summed E-state index contributed by atoms with van der Waals surface area (Å²) >= 11 is 0. The fourth-order valence-corrected chi connectivity index (χ4v) is 3.62. The SMILES string of the molecule is Cn1ccc(S(=O)(=O)NC2(C)CCNCC2)c1. The lowest BCUT2D eigenvalue weighted by molar-refractivity contribution is 0.308. The van der Waals surface area contributed by atoms with E-state index in [2.05, 4.69) is 10.0 Å². The number of nitrogens with one attached hydrogen (secondary N) is 2. The first-order chi connectivity index (χ1) is 7.91. The predicted molar refractivity (Wildman–Crippen MR) is 66.2 cm³/mol. The quantitative estimate of drug-likeness (QED) is 0.826. The van der Waals surface area contributed by atoms with Crippen LogP contribution in [-0.2, 0) is 17.1 Å². The minimum absolute atomic E-state index is 0.333. The van der Waals surface area contributed by atoms with Crippen LogP contribution in [0, 0.1) is 0 Å². The summed E-state index contributed by atoms with van der Waals surface area (Å²) in [7, 11) is -1.59. The predicted octanol–water partition coefficient (Wildman–Crippen LogP) is 0.445. The first-order valence-corrected chi connectivity index (χ1v) is 7.26. The molecule has 17 heavy (non-hydrogen) atoms. The molecule has 0 aliphatic carbocycles. The Balaban J connectivity index is 2.17. The Kier molecular flexibility index (Phi) is 3.29. The highest BCUT2D eigenvalue weighted by Gasteiger charge is 2.32. The molecule has 0 spiro atoms. The molecule has 6 heteroatoms. The van der Waals surface area contributed by atoms with Gasteiger partial charge in [-0.25, -0.2) is 13.1 Å². The van der Waals surface area contributed by atoms with Gasteiger partial charge in [-0.05, 0) is 38.9 Å². The molecule has 0 bridgehead atoms. The molecule has 0 aromatic carbocycles. The number of aromatic nitrogens is 1. The minimum Gasteiger partial charge on any atom is -0.356 e. The third-order valence-electron chi connectivity index (χ3n) is 3.20. The Hall–Kier alpha value is -0.850. The van der Waals surface area contributed by atoms with E-state index < -0.39 is 10.0 Å². The fourth-order valence-electron chi connectivity index (χ4n) is 2.10. The summed E-state index contributed by atoms with van der Waals surface area (Å²) in [6.45, 7) is 3.68. The highest BCUT2D eigenvalue weighted by molar-refractivity contribution is 7.89. The van der Waals surface area contributed by atoms with Crippen molar-refractivity contribution in [3.8, 4) is 0 Å². The summed E-state index contributed by atoms with van der Waals surface area (Å²) < 4.78 is 28.9. The lowest BCUT2D eigenvalue weighted by Gasteiger charge is -2.34. The molecule has 2 rings (SSSR count). The summed E-state index contributed by atoms with van der Waals surface area (Å²) in [6.07, 6.45) is 4.99. The van der Waals surface area contributed by atoms with Gasteiger partial charge < -0.3 is 9.88 Å². The van der Waals surface area contributed by atoms with Gasteiger partial charge in [-0.15, -0.1) is 0 Å². The van der Waals surface area contributed by atoms with Gasteiger partial charge in [0.2, 0.25) is 10.0 Å². The molecule has 5 nitrogen and oxygen atoms in total. The van der Waals surface area contributed by atoms with E-state index in [0.29, 0.717) is 4.90 Å². The average Bonchev–Trinajstić information content (AvgIpc) is 2.65. The van der Waals surface area contributed by atoms with E-state index in [1.165, 1.54) is 0 Å². The van der Waals surface area contributed by atoms with Crippen LogP contribution in [0.5, 0.6) is 0 Å². The van der Waals surface area contributed by atoms with Gasteiger partial charge in [0.15, 0.2) is 0 Å². The van der Waals surface area contributed by atoms with Gasteiger partial charge in [0.25, 0.3) is 0 Å². The van der Waals surface area contributed by atoms with E-state index in [1.807, 2.05) is 14.0 Å². The second-order valence-corrected chi connectivity index (χ2v) is 6.61. The molecular weight excluding hydrogens is 238 g/mol. The topological polar surface area (TPSA) is 63.1 Å². The van der Waals surface area contributed by atoms with Gasteiger partial charge in [-0.1, -0.05) is 0 Å². The molecule has 1 fully saturated rings. The molecular formula is C11H19N3O2S. The van der Waals surface area contributed by atoms with Crippen LogP contribution >= 0.6 is 0 Å². The monoisotopic (exact) mass is 257 g/mol. The Morgan fingerprint density at radius 3 is 2.59 bits per heavy atom. The first kappa shape index (κ1) is 12.6. The summed E-state index contributed by atoms with van der Waals surface area (Å²) in [5, 5.41) is 3.23. The van der Waals surface area contributed by atoms with Gasteiger partial charge in [0.05, 0.1) is 4.90 Å². The molecule has 0 radical (unpaired) electrons. The standard InChI is InChI=1S/C11H19N3O2S/c1-11(4-6-12-7-5-11)13-17(15,16)10-3-8-14(2)9-10/h3,8-9,12-13H,4-7H2,1-2H3. The van der Waals surface area contributed by atoms with E-state index in [0.717, 1.165) is 25.9 Å². The van der Waals surface area contributed by atoms with E-state index >= 15 is 0 Å². The number of rotatable bonds is 3. The van der Waals surface area contributed by atoms with Crippen LogP contribution in [0.1, 0.15) is 19.8 Å². The van der Waals surface area contributed by atoms with Crippen molar-refractivity contribution in [2.75, 3.05) is 13.1 Å². The van der Waals surface area contributed by atoms with Gasteiger partial charge in [0.1, 0.15) is 0 Å². The van der Waals surface area contributed by atoms with Gasteiger partial charge in [0, 0.05) is 25.0 Å². The van der Waals surface area contributed by atoms with Crippen molar-refractivity contribution < 1.29 is 8.42 Å². The third kappa shape index (κ3) is 2.88. The molecule has 0 atom stereocenters. The van der Waals surface area contributed by atoms with Crippen LogP contribution in [0.25, 0.3) is 0 Å². The largest absolute Gasteiger partial charge is 0.356 e. The second-order valence-electron chi connectivity index (χ2n) is 4.93. The molecule has 1 aliphatic heterocycles. The van der Waals surface area contributed by atoms with E-state index in [9.17, 15) is 8.42 Å². The normalized spacial score (nSPS) is 20.4. The molecule has 1 saturated heterocycles. The maximum absolute atomic E-state index is 12.2. The van der Waals surface area contributed by atoms with Crippen molar-refractivity contribution >= 4 is 10.0 Å².